The van der Waals surface area contributed by atoms with Crippen molar-refractivity contribution < 1.29 is 4.39 Å². The maximum Gasteiger partial charge on any atom is 0.127 e. The lowest BCUT2D eigenvalue weighted by Crippen LogP contribution is -2.32. The fourth-order valence-electron chi connectivity index (χ4n) is 1.80. The Bertz CT molecular complexity index is 326. The van der Waals surface area contributed by atoms with Crippen LogP contribution in [0.25, 0.3) is 0 Å². The molecule has 0 fully saturated rings. The van der Waals surface area contributed by atoms with Gasteiger partial charge in [-0.15, -0.1) is 0 Å². The summed E-state index contributed by atoms with van der Waals surface area (Å²) in [6, 6.07) is 5.16. The van der Waals surface area contributed by atoms with Crippen LogP contribution in [0.15, 0.2) is 18.2 Å². The number of rotatable bonds is 7. The van der Waals surface area contributed by atoms with Gasteiger partial charge in [0.25, 0.3) is 0 Å². The van der Waals surface area contributed by atoms with Gasteiger partial charge >= 0.3 is 0 Å². The molecule has 17 heavy (non-hydrogen) atoms. The SMILES string of the molecule is CCNC(CCSC)Cc1c(F)cccc1Cl. The largest absolute Gasteiger partial charge is 0.314 e. The van der Waals surface area contributed by atoms with Crippen molar-refractivity contribution in [3.63, 3.8) is 0 Å². The lowest BCUT2D eigenvalue weighted by Gasteiger charge is -2.18. The van der Waals surface area contributed by atoms with Crippen LogP contribution in [0.3, 0.4) is 0 Å². The minimum Gasteiger partial charge on any atom is -0.314 e. The lowest BCUT2D eigenvalue weighted by atomic mass is 10.0. The van der Waals surface area contributed by atoms with Crippen LogP contribution in [0.2, 0.25) is 5.02 Å². The second kappa shape index (κ2) is 7.96. The quantitative estimate of drug-likeness (QED) is 0.813. The number of benzene rings is 1. The molecule has 1 aromatic rings. The van der Waals surface area contributed by atoms with Crippen molar-refractivity contribution in [1.82, 2.24) is 5.32 Å². The Balaban J connectivity index is 2.70. The number of halogens is 2. The number of hydrogen-bond donors (Lipinski definition) is 1. The van der Waals surface area contributed by atoms with Gasteiger partial charge in [-0.2, -0.15) is 11.8 Å². The molecule has 0 aromatic heterocycles. The summed E-state index contributed by atoms with van der Waals surface area (Å²) in [4.78, 5) is 0. The monoisotopic (exact) mass is 275 g/mol. The number of nitrogens with one attached hydrogen (secondary N) is 1. The molecule has 0 aliphatic carbocycles. The number of hydrogen-bond acceptors (Lipinski definition) is 2. The molecular formula is C13H19ClFNS. The predicted molar refractivity (Wildman–Crippen MR) is 75.6 cm³/mol. The Labute approximate surface area is 112 Å². The molecule has 1 unspecified atom stereocenters. The van der Waals surface area contributed by atoms with E-state index in [1.807, 2.05) is 11.8 Å². The van der Waals surface area contributed by atoms with Crippen LogP contribution >= 0.6 is 23.4 Å². The van der Waals surface area contributed by atoms with Crippen LogP contribution in [0, 0.1) is 5.82 Å². The van der Waals surface area contributed by atoms with Crippen molar-refractivity contribution in [2.45, 2.75) is 25.8 Å². The number of likely N-dealkylation sites (N-methyl/N-ethyl adjacent to an activating group) is 1. The van der Waals surface area contributed by atoms with E-state index < -0.39 is 0 Å². The Morgan fingerprint density at radius 1 is 1.47 bits per heavy atom. The molecule has 1 rings (SSSR count). The first-order valence-corrected chi connectivity index (χ1v) is 7.61. The molecule has 0 aliphatic heterocycles. The van der Waals surface area contributed by atoms with Gasteiger partial charge in [-0.1, -0.05) is 24.6 Å². The first-order chi connectivity index (χ1) is 8.19. The van der Waals surface area contributed by atoms with Gasteiger partial charge in [0, 0.05) is 16.6 Å². The van der Waals surface area contributed by atoms with E-state index in [1.54, 1.807) is 12.1 Å². The van der Waals surface area contributed by atoms with Gasteiger partial charge in [-0.05, 0) is 43.5 Å². The highest BCUT2D eigenvalue weighted by molar-refractivity contribution is 7.98. The molecule has 0 aliphatic rings. The molecule has 0 amide bonds. The van der Waals surface area contributed by atoms with Crippen molar-refractivity contribution in [1.29, 1.82) is 0 Å². The van der Waals surface area contributed by atoms with Crippen LogP contribution in [-0.2, 0) is 6.42 Å². The third-order valence-electron chi connectivity index (χ3n) is 2.68. The maximum atomic E-state index is 13.7. The lowest BCUT2D eigenvalue weighted by molar-refractivity contribution is 0.499. The fraction of sp³-hybridized carbons (Fsp3) is 0.538. The second-order valence-corrected chi connectivity index (χ2v) is 5.33. The highest BCUT2D eigenvalue weighted by Gasteiger charge is 2.13. The third kappa shape index (κ3) is 4.86. The molecule has 0 saturated heterocycles. The maximum absolute atomic E-state index is 13.7. The fourth-order valence-corrected chi connectivity index (χ4v) is 2.56. The molecule has 0 radical (unpaired) electrons. The van der Waals surface area contributed by atoms with Crippen LogP contribution in [0.5, 0.6) is 0 Å². The first-order valence-electron chi connectivity index (χ1n) is 5.84. The molecule has 96 valence electrons. The zero-order chi connectivity index (χ0) is 12.7. The smallest absolute Gasteiger partial charge is 0.127 e. The molecule has 1 aromatic carbocycles. The summed E-state index contributed by atoms with van der Waals surface area (Å²) in [5.74, 6) is 0.869. The highest BCUT2D eigenvalue weighted by atomic mass is 35.5. The van der Waals surface area contributed by atoms with Crippen LogP contribution in [0.4, 0.5) is 4.39 Å². The summed E-state index contributed by atoms with van der Waals surface area (Å²) in [5, 5.41) is 3.91. The molecule has 1 atom stereocenters. The van der Waals surface area contributed by atoms with E-state index in [0.717, 1.165) is 18.7 Å². The molecule has 0 spiro atoms. The summed E-state index contributed by atoms with van der Waals surface area (Å²) in [6.07, 6.45) is 3.76. The first kappa shape index (κ1) is 14.8. The molecule has 0 saturated carbocycles. The van der Waals surface area contributed by atoms with Crippen molar-refractivity contribution >= 4 is 23.4 Å². The zero-order valence-corrected chi connectivity index (χ0v) is 11.9. The summed E-state index contributed by atoms with van der Waals surface area (Å²) in [6.45, 7) is 2.96. The van der Waals surface area contributed by atoms with Gasteiger partial charge in [-0.25, -0.2) is 4.39 Å². The van der Waals surface area contributed by atoms with E-state index in [0.29, 0.717) is 23.0 Å². The summed E-state index contributed by atoms with van der Waals surface area (Å²) < 4.78 is 13.7. The standard InChI is InChI=1S/C13H19ClFNS/c1-3-16-10(7-8-17-2)9-11-12(14)5-4-6-13(11)15/h4-6,10,16H,3,7-9H2,1-2H3. The Morgan fingerprint density at radius 2 is 2.24 bits per heavy atom. The number of thioether (sulfide) groups is 1. The van der Waals surface area contributed by atoms with Gasteiger partial charge < -0.3 is 5.32 Å². The average molecular weight is 276 g/mol. The van der Waals surface area contributed by atoms with Gasteiger partial charge in [0.1, 0.15) is 5.82 Å². The Kier molecular flexibility index (Phi) is 6.93. The highest BCUT2D eigenvalue weighted by Crippen LogP contribution is 2.21. The molecule has 1 nitrogen and oxygen atoms in total. The van der Waals surface area contributed by atoms with E-state index >= 15 is 0 Å². The van der Waals surface area contributed by atoms with Gasteiger partial charge in [0.2, 0.25) is 0 Å². The summed E-state index contributed by atoms with van der Waals surface area (Å²) in [5.41, 5.74) is 0.626. The molecule has 0 heterocycles. The Morgan fingerprint density at radius 3 is 2.82 bits per heavy atom. The molecule has 0 bridgehead atoms. The van der Waals surface area contributed by atoms with E-state index in [1.165, 1.54) is 6.07 Å². The van der Waals surface area contributed by atoms with Crippen LogP contribution < -0.4 is 5.32 Å². The van der Waals surface area contributed by atoms with Gasteiger partial charge in [0.15, 0.2) is 0 Å². The third-order valence-corrected chi connectivity index (χ3v) is 3.67. The predicted octanol–water partition coefficient (Wildman–Crippen LogP) is 3.75. The Hall–Kier alpha value is -0.250. The van der Waals surface area contributed by atoms with E-state index in [4.69, 9.17) is 11.6 Å². The van der Waals surface area contributed by atoms with Gasteiger partial charge in [-0.3, -0.25) is 0 Å². The van der Waals surface area contributed by atoms with Crippen molar-refractivity contribution in [3.8, 4) is 0 Å². The zero-order valence-electron chi connectivity index (χ0n) is 10.3. The topological polar surface area (TPSA) is 12.0 Å². The van der Waals surface area contributed by atoms with E-state index in [-0.39, 0.29) is 5.82 Å². The molecule has 4 heteroatoms. The molecular weight excluding hydrogens is 257 g/mol. The van der Waals surface area contributed by atoms with Crippen LogP contribution in [-0.4, -0.2) is 24.6 Å². The molecule has 1 N–H and O–H groups in total. The van der Waals surface area contributed by atoms with Crippen molar-refractivity contribution in [3.05, 3.63) is 34.6 Å². The average Bonchev–Trinajstić information content (AvgIpc) is 2.31. The minimum atomic E-state index is -0.204. The van der Waals surface area contributed by atoms with Crippen molar-refractivity contribution in [2.24, 2.45) is 0 Å². The normalized spacial score (nSPS) is 12.7. The summed E-state index contributed by atoms with van der Waals surface area (Å²) in [7, 11) is 0. The summed E-state index contributed by atoms with van der Waals surface area (Å²) >= 11 is 7.84. The second-order valence-electron chi connectivity index (χ2n) is 3.94. The van der Waals surface area contributed by atoms with E-state index in [2.05, 4.69) is 18.5 Å². The van der Waals surface area contributed by atoms with Crippen LogP contribution in [0.1, 0.15) is 18.9 Å². The van der Waals surface area contributed by atoms with Gasteiger partial charge in [0.05, 0.1) is 0 Å². The van der Waals surface area contributed by atoms with Crippen molar-refractivity contribution in [2.75, 3.05) is 18.6 Å². The minimum absolute atomic E-state index is 0.204. The van der Waals surface area contributed by atoms with E-state index in [9.17, 15) is 4.39 Å².